The van der Waals surface area contributed by atoms with Gasteiger partial charge < -0.3 is 4.74 Å². The SMILES string of the molecule is CCCc1ccc(C(=O)c2ccc(OC(C)=O)cc2)cc1. The van der Waals surface area contributed by atoms with Crippen molar-refractivity contribution < 1.29 is 14.3 Å². The minimum atomic E-state index is -0.374. The molecule has 0 bridgehead atoms. The monoisotopic (exact) mass is 282 g/mol. The summed E-state index contributed by atoms with van der Waals surface area (Å²) in [5.74, 6) is 0.0327. The normalized spacial score (nSPS) is 10.2. The van der Waals surface area contributed by atoms with Crippen LogP contribution in [0.5, 0.6) is 5.75 Å². The molecule has 0 unspecified atom stereocenters. The highest BCUT2D eigenvalue weighted by Gasteiger charge is 2.09. The number of carbonyl (C=O) groups is 2. The Kier molecular flexibility index (Phi) is 4.88. The van der Waals surface area contributed by atoms with Crippen LogP contribution in [0.25, 0.3) is 0 Å². The lowest BCUT2D eigenvalue weighted by Gasteiger charge is -2.05. The zero-order chi connectivity index (χ0) is 15.2. The Morgan fingerprint density at radius 2 is 1.43 bits per heavy atom. The number of carbonyl (C=O) groups excluding carboxylic acids is 2. The van der Waals surface area contributed by atoms with Gasteiger partial charge in [0.15, 0.2) is 5.78 Å². The lowest BCUT2D eigenvalue weighted by Crippen LogP contribution is -2.03. The van der Waals surface area contributed by atoms with E-state index in [-0.39, 0.29) is 11.8 Å². The summed E-state index contributed by atoms with van der Waals surface area (Å²) in [4.78, 5) is 23.2. The van der Waals surface area contributed by atoms with E-state index in [2.05, 4.69) is 6.92 Å². The van der Waals surface area contributed by atoms with Crippen LogP contribution in [-0.2, 0) is 11.2 Å². The highest BCUT2D eigenvalue weighted by atomic mass is 16.5. The van der Waals surface area contributed by atoms with Crippen molar-refractivity contribution in [2.45, 2.75) is 26.7 Å². The van der Waals surface area contributed by atoms with Crippen LogP contribution in [0, 0.1) is 0 Å². The molecule has 0 atom stereocenters. The minimum absolute atomic E-state index is 0.0348. The molecule has 2 aromatic rings. The first-order valence-electron chi connectivity index (χ1n) is 7.02. The number of aryl methyl sites for hydroxylation is 1. The van der Waals surface area contributed by atoms with Gasteiger partial charge in [-0.3, -0.25) is 9.59 Å². The van der Waals surface area contributed by atoms with Crippen LogP contribution < -0.4 is 4.74 Å². The maximum absolute atomic E-state index is 12.3. The van der Waals surface area contributed by atoms with Gasteiger partial charge in [0.2, 0.25) is 0 Å². The number of benzene rings is 2. The van der Waals surface area contributed by atoms with Crippen LogP contribution in [0.1, 0.15) is 41.8 Å². The molecule has 0 aliphatic carbocycles. The lowest BCUT2D eigenvalue weighted by atomic mass is 10.0. The van der Waals surface area contributed by atoms with Gasteiger partial charge in [-0.2, -0.15) is 0 Å². The fourth-order valence-electron chi connectivity index (χ4n) is 2.12. The maximum Gasteiger partial charge on any atom is 0.308 e. The quantitative estimate of drug-likeness (QED) is 0.476. The van der Waals surface area contributed by atoms with Gasteiger partial charge in [0.25, 0.3) is 0 Å². The molecule has 0 heterocycles. The van der Waals surface area contributed by atoms with Crippen LogP contribution in [0.2, 0.25) is 0 Å². The third kappa shape index (κ3) is 4.02. The van der Waals surface area contributed by atoms with E-state index in [1.807, 2.05) is 24.3 Å². The minimum Gasteiger partial charge on any atom is -0.427 e. The van der Waals surface area contributed by atoms with Crippen molar-refractivity contribution in [3.63, 3.8) is 0 Å². The number of esters is 1. The zero-order valence-corrected chi connectivity index (χ0v) is 12.3. The summed E-state index contributed by atoms with van der Waals surface area (Å²) in [6.07, 6.45) is 2.11. The van der Waals surface area contributed by atoms with Gasteiger partial charge in [-0.05, 0) is 36.2 Å². The molecule has 0 saturated carbocycles. The van der Waals surface area contributed by atoms with Crippen LogP contribution in [0.4, 0.5) is 0 Å². The second-order valence-corrected chi connectivity index (χ2v) is 4.89. The second-order valence-electron chi connectivity index (χ2n) is 4.89. The highest BCUT2D eigenvalue weighted by Crippen LogP contribution is 2.16. The van der Waals surface area contributed by atoms with Gasteiger partial charge in [-0.25, -0.2) is 0 Å². The average molecular weight is 282 g/mol. The van der Waals surface area contributed by atoms with Crippen molar-refractivity contribution >= 4 is 11.8 Å². The standard InChI is InChI=1S/C18H18O3/c1-3-4-14-5-7-15(8-6-14)18(20)16-9-11-17(12-10-16)21-13(2)19/h5-12H,3-4H2,1-2H3. The van der Waals surface area contributed by atoms with E-state index < -0.39 is 0 Å². The van der Waals surface area contributed by atoms with E-state index in [1.165, 1.54) is 12.5 Å². The molecule has 2 aromatic carbocycles. The fraction of sp³-hybridized carbons (Fsp3) is 0.222. The Hall–Kier alpha value is -2.42. The van der Waals surface area contributed by atoms with Gasteiger partial charge >= 0.3 is 5.97 Å². The van der Waals surface area contributed by atoms with Gasteiger partial charge in [0, 0.05) is 18.1 Å². The van der Waals surface area contributed by atoms with Crippen molar-refractivity contribution in [2.75, 3.05) is 0 Å². The number of ketones is 1. The van der Waals surface area contributed by atoms with Gasteiger partial charge in [0.05, 0.1) is 0 Å². The fourth-order valence-corrected chi connectivity index (χ4v) is 2.12. The molecule has 0 N–H and O–H groups in total. The van der Waals surface area contributed by atoms with Crippen molar-refractivity contribution in [1.82, 2.24) is 0 Å². The number of hydrogen-bond acceptors (Lipinski definition) is 3. The number of hydrogen-bond donors (Lipinski definition) is 0. The summed E-state index contributed by atoms with van der Waals surface area (Å²) in [6.45, 7) is 3.47. The van der Waals surface area contributed by atoms with Crippen molar-refractivity contribution in [3.8, 4) is 5.75 Å². The predicted molar refractivity (Wildman–Crippen MR) is 81.6 cm³/mol. The van der Waals surface area contributed by atoms with E-state index in [1.54, 1.807) is 24.3 Å². The van der Waals surface area contributed by atoms with E-state index in [0.717, 1.165) is 12.8 Å². The summed E-state index contributed by atoms with van der Waals surface area (Å²) >= 11 is 0. The number of ether oxygens (including phenoxy) is 1. The molecule has 2 rings (SSSR count). The molecule has 108 valence electrons. The maximum atomic E-state index is 12.3. The Balaban J connectivity index is 2.13. The molecule has 0 spiro atoms. The van der Waals surface area contributed by atoms with Crippen molar-refractivity contribution in [2.24, 2.45) is 0 Å². The molecular weight excluding hydrogens is 264 g/mol. The first kappa shape index (κ1) is 15.0. The van der Waals surface area contributed by atoms with Crippen molar-refractivity contribution in [1.29, 1.82) is 0 Å². The van der Waals surface area contributed by atoms with Crippen LogP contribution in [-0.4, -0.2) is 11.8 Å². The lowest BCUT2D eigenvalue weighted by molar-refractivity contribution is -0.131. The molecule has 0 saturated heterocycles. The second kappa shape index (κ2) is 6.84. The molecule has 0 fully saturated rings. The first-order valence-corrected chi connectivity index (χ1v) is 7.02. The largest absolute Gasteiger partial charge is 0.427 e. The van der Waals surface area contributed by atoms with Crippen LogP contribution in [0.15, 0.2) is 48.5 Å². The van der Waals surface area contributed by atoms with Gasteiger partial charge in [-0.1, -0.05) is 37.6 Å². The molecule has 21 heavy (non-hydrogen) atoms. The van der Waals surface area contributed by atoms with E-state index in [9.17, 15) is 9.59 Å². The number of rotatable bonds is 5. The van der Waals surface area contributed by atoms with Crippen molar-refractivity contribution in [3.05, 3.63) is 65.2 Å². The summed E-state index contributed by atoms with van der Waals surface area (Å²) in [7, 11) is 0. The van der Waals surface area contributed by atoms with E-state index in [4.69, 9.17) is 4.74 Å². The van der Waals surface area contributed by atoms with Crippen LogP contribution in [0.3, 0.4) is 0 Å². The Bertz CT molecular complexity index is 625. The Labute approximate surface area is 124 Å². The molecule has 0 aromatic heterocycles. The molecular formula is C18H18O3. The van der Waals surface area contributed by atoms with E-state index >= 15 is 0 Å². The summed E-state index contributed by atoms with van der Waals surface area (Å²) in [6, 6.07) is 14.3. The third-order valence-corrected chi connectivity index (χ3v) is 3.13. The zero-order valence-electron chi connectivity index (χ0n) is 12.3. The first-order chi connectivity index (χ1) is 10.1. The Morgan fingerprint density at radius 3 is 1.90 bits per heavy atom. The average Bonchev–Trinajstić information content (AvgIpc) is 2.48. The molecule has 0 aliphatic heterocycles. The molecule has 3 heteroatoms. The summed E-state index contributed by atoms with van der Waals surface area (Å²) in [5.41, 5.74) is 2.48. The van der Waals surface area contributed by atoms with Gasteiger partial charge in [-0.15, -0.1) is 0 Å². The summed E-state index contributed by atoms with van der Waals surface area (Å²) < 4.78 is 4.95. The summed E-state index contributed by atoms with van der Waals surface area (Å²) in [5, 5.41) is 0. The molecule has 0 radical (unpaired) electrons. The van der Waals surface area contributed by atoms with Gasteiger partial charge in [0.1, 0.15) is 5.75 Å². The highest BCUT2D eigenvalue weighted by molar-refractivity contribution is 6.09. The molecule has 3 nitrogen and oxygen atoms in total. The smallest absolute Gasteiger partial charge is 0.308 e. The third-order valence-electron chi connectivity index (χ3n) is 3.13. The Morgan fingerprint density at radius 1 is 0.905 bits per heavy atom. The van der Waals surface area contributed by atoms with E-state index in [0.29, 0.717) is 16.9 Å². The predicted octanol–water partition coefficient (Wildman–Crippen LogP) is 3.80. The molecule has 0 aliphatic rings. The van der Waals surface area contributed by atoms with Crippen LogP contribution >= 0.6 is 0 Å². The topological polar surface area (TPSA) is 43.4 Å². The molecule has 0 amide bonds.